The largest absolute Gasteiger partial charge is 0.329 e. The summed E-state index contributed by atoms with van der Waals surface area (Å²) in [6.45, 7) is 1.44. The van der Waals surface area contributed by atoms with E-state index < -0.39 is 17.8 Å². The van der Waals surface area contributed by atoms with Crippen molar-refractivity contribution in [3.8, 4) is 6.07 Å². The number of ketones is 2. The van der Waals surface area contributed by atoms with E-state index in [1.807, 2.05) is 6.07 Å². The third-order valence-corrected chi connectivity index (χ3v) is 7.53. The number of Topliss-reactive ketones (excluding diaryl/α,β-unsaturated/α-hetero) is 2. The molecule has 9 heteroatoms. The quantitative estimate of drug-likeness (QED) is 0.419. The van der Waals surface area contributed by atoms with E-state index in [-0.39, 0.29) is 59.3 Å². The van der Waals surface area contributed by atoms with Crippen molar-refractivity contribution in [2.75, 3.05) is 0 Å². The molecule has 4 atom stereocenters. The van der Waals surface area contributed by atoms with Gasteiger partial charge in [0, 0.05) is 37.9 Å². The van der Waals surface area contributed by atoms with E-state index >= 15 is 0 Å². The van der Waals surface area contributed by atoms with Crippen LogP contribution < -0.4 is 0 Å². The number of likely N-dealkylation sites (tertiary alicyclic amines) is 1. The summed E-state index contributed by atoms with van der Waals surface area (Å²) in [4.78, 5) is 45.0. The van der Waals surface area contributed by atoms with Gasteiger partial charge in [0.2, 0.25) is 5.91 Å². The number of nitrogens with zero attached hydrogens (tertiary/aromatic N) is 4. The van der Waals surface area contributed by atoms with Crippen LogP contribution in [-0.4, -0.2) is 43.8 Å². The van der Waals surface area contributed by atoms with E-state index in [0.717, 1.165) is 6.42 Å². The summed E-state index contributed by atoms with van der Waals surface area (Å²) in [7, 11) is 0. The van der Waals surface area contributed by atoms with Crippen molar-refractivity contribution < 1.29 is 18.8 Å². The summed E-state index contributed by atoms with van der Waals surface area (Å²) < 4.78 is 16.4. The number of hydrogen-bond donors (Lipinski definition) is 0. The number of pyridine rings is 1. The van der Waals surface area contributed by atoms with Crippen molar-refractivity contribution in [1.82, 2.24) is 14.3 Å². The molecule has 0 N–H and O–H groups in total. The molecule has 0 unspecified atom stereocenters. The summed E-state index contributed by atoms with van der Waals surface area (Å²) in [5.41, 5.74) is 1.17. The van der Waals surface area contributed by atoms with E-state index in [2.05, 4.69) is 4.98 Å². The van der Waals surface area contributed by atoms with Crippen LogP contribution in [0.1, 0.15) is 60.4 Å². The molecule has 0 bridgehead atoms. The Hall–Kier alpha value is -3.57. The molecule has 1 amide bonds. The monoisotopic (exact) mass is 506 g/mol. The van der Waals surface area contributed by atoms with Gasteiger partial charge in [0.1, 0.15) is 17.3 Å². The van der Waals surface area contributed by atoms with Gasteiger partial charge in [0.25, 0.3) is 0 Å². The Morgan fingerprint density at radius 3 is 2.78 bits per heavy atom. The Morgan fingerprint density at radius 2 is 2.03 bits per heavy atom. The van der Waals surface area contributed by atoms with E-state index in [9.17, 15) is 24.0 Å². The maximum Gasteiger partial charge on any atom is 0.231 e. The first-order valence-electron chi connectivity index (χ1n) is 11.9. The summed E-state index contributed by atoms with van der Waals surface area (Å²) in [6, 6.07) is 11.4. The first kappa shape index (κ1) is 24.1. The highest BCUT2D eigenvalue weighted by Gasteiger charge is 2.55. The Labute approximate surface area is 212 Å². The van der Waals surface area contributed by atoms with E-state index in [0.29, 0.717) is 23.5 Å². The van der Waals surface area contributed by atoms with Crippen LogP contribution in [0.5, 0.6) is 0 Å². The number of amides is 1. The molecular weight excluding hydrogens is 483 g/mol. The van der Waals surface area contributed by atoms with Crippen LogP contribution in [0.3, 0.4) is 0 Å². The third-order valence-electron chi connectivity index (χ3n) is 7.23. The van der Waals surface area contributed by atoms with Crippen molar-refractivity contribution in [2.45, 2.75) is 57.0 Å². The van der Waals surface area contributed by atoms with Gasteiger partial charge in [0.05, 0.1) is 29.1 Å². The van der Waals surface area contributed by atoms with Crippen molar-refractivity contribution in [3.05, 3.63) is 70.5 Å². The molecule has 1 saturated heterocycles. The molecule has 7 nitrogen and oxygen atoms in total. The number of carbonyl (C=O) groups excluding carboxylic acids is 3. The highest BCUT2D eigenvalue weighted by molar-refractivity contribution is 6.30. The molecule has 1 aliphatic carbocycles. The number of benzene rings is 1. The predicted octanol–water partition coefficient (Wildman–Crippen LogP) is 4.52. The van der Waals surface area contributed by atoms with E-state index in [4.69, 9.17) is 11.6 Å². The lowest BCUT2D eigenvalue weighted by Crippen LogP contribution is -2.44. The minimum absolute atomic E-state index is 0.00211. The third kappa shape index (κ3) is 4.28. The summed E-state index contributed by atoms with van der Waals surface area (Å²) in [5, 5.41) is 9.25. The Kier molecular flexibility index (Phi) is 6.35. The zero-order valence-corrected chi connectivity index (χ0v) is 20.4. The van der Waals surface area contributed by atoms with Gasteiger partial charge in [-0.25, -0.2) is 9.37 Å². The van der Waals surface area contributed by atoms with Crippen LogP contribution in [-0.2, 0) is 16.0 Å². The Bertz CT molecular complexity index is 1430. The molecule has 2 aliphatic rings. The fourth-order valence-corrected chi connectivity index (χ4v) is 5.61. The van der Waals surface area contributed by atoms with Gasteiger partial charge in [-0.3, -0.25) is 14.4 Å². The van der Waals surface area contributed by atoms with Gasteiger partial charge in [-0.1, -0.05) is 29.8 Å². The number of nitriles is 1. The molecule has 1 aromatic carbocycles. The number of rotatable bonds is 8. The van der Waals surface area contributed by atoms with Gasteiger partial charge in [-0.15, -0.1) is 0 Å². The zero-order valence-electron chi connectivity index (χ0n) is 19.7. The Morgan fingerprint density at radius 1 is 1.22 bits per heavy atom. The second-order valence-corrected chi connectivity index (χ2v) is 9.96. The number of carbonyl (C=O) groups is 3. The highest BCUT2D eigenvalue weighted by atomic mass is 35.5. The van der Waals surface area contributed by atoms with Gasteiger partial charge in [-0.05, 0) is 42.5 Å². The van der Waals surface area contributed by atoms with Crippen LogP contribution in [0.4, 0.5) is 4.39 Å². The number of aromatic nitrogens is 2. The molecule has 2 fully saturated rings. The minimum atomic E-state index is -0.649. The van der Waals surface area contributed by atoms with Crippen molar-refractivity contribution in [2.24, 2.45) is 5.92 Å². The van der Waals surface area contributed by atoms with Crippen LogP contribution in [0.25, 0.3) is 5.52 Å². The minimum Gasteiger partial charge on any atom is -0.329 e. The van der Waals surface area contributed by atoms with Gasteiger partial charge < -0.3 is 9.30 Å². The smallest absolute Gasteiger partial charge is 0.231 e. The molecule has 1 aliphatic heterocycles. The van der Waals surface area contributed by atoms with Crippen LogP contribution in [0, 0.1) is 23.1 Å². The lowest BCUT2D eigenvalue weighted by Gasteiger charge is -2.28. The Balaban J connectivity index is 1.37. The molecule has 3 heterocycles. The average molecular weight is 507 g/mol. The number of piperidine rings is 1. The highest BCUT2D eigenvalue weighted by Crippen LogP contribution is 2.49. The number of halogens is 2. The molecule has 5 rings (SSSR count). The van der Waals surface area contributed by atoms with E-state index in [1.165, 1.54) is 13.0 Å². The molecule has 184 valence electrons. The molecular formula is C27H24ClFN4O3. The lowest BCUT2D eigenvalue weighted by molar-refractivity contribution is -0.138. The predicted molar refractivity (Wildman–Crippen MR) is 130 cm³/mol. The number of imidazole rings is 1. The average Bonchev–Trinajstić information content (AvgIpc) is 3.35. The molecule has 1 saturated carbocycles. The van der Waals surface area contributed by atoms with E-state index in [1.54, 1.807) is 45.8 Å². The molecule has 0 radical (unpaired) electrons. The summed E-state index contributed by atoms with van der Waals surface area (Å²) >= 11 is 5.93. The SMILES string of the molecule is CC(=O)c1nc(CC(=O)N2[C@@H]3C[C@@H]3C[C@H]2C(=O)C[C@H](CC#N)c2cccc(Cl)c2F)n2ccccc12. The van der Waals surface area contributed by atoms with Crippen molar-refractivity contribution in [1.29, 1.82) is 5.26 Å². The maximum absolute atomic E-state index is 14.7. The van der Waals surface area contributed by atoms with Gasteiger partial charge >= 0.3 is 0 Å². The summed E-state index contributed by atoms with van der Waals surface area (Å²) in [5.74, 6) is -1.16. The second kappa shape index (κ2) is 9.47. The molecule has 3 aromatic rings. The fourth-order valence-electron chi connectivity index (χ4n) is 5.43. The summed E-state index contributed by atoms with van der Waals surface area (Å²) in [6.07, 6.45) is 3.03. The maximum atomic E-state index is 14.7. The fraction of sp³-hybridized carbons (Fsp3) is 0.370. The van der Waals surface area contributed by atoms with Gasteiger partial charge in [-0.2, -0.15) is 5.26 Å². The molecule has 36 heavy (non-hydrogen) atoms. The molecule has 2 aromatic heterocycles. The van der Waals surface area contributed by atoms with Crippen molar-refractivity contribution >= 4 is 34.6 Å². The standard InChI is InChI=1S/C27H24ClFN4O3/c1-15(34)27-20-7-2-3-10-32(20)24(31-27)14-25(36)33-21-11-17(21)12-22(33)23(35)13-16(8-9-30)18-5-4-6-19(28)26(18)29/h2-7,10,16-17,21-22H,8,11-14H2,1H3/t16-,17+,21+,22-/m0/s1. The second-order valence-electron chi connectivity index (χ2n) is 9.55. The normalized spacial score (nSPS) is 21.2. The number of hydrogen-bond acceptors (Lipinski definition) is 5. The van der Waals surface area contributed by atoms with Crippen LogP contribution in [0.2, 0.25) is 5.02 Å². The topological polar surface area (TPSA) is 95.5 Å². The van der Waals surface area contributed by atoms with Crippen LogP contribution in [0.15, 0.2) is 42.6 Å². The first-order valence-corrected chi connectivity index (χ1v) is 12.3. The number of fused-ring (bicyclic) bond motifs is 2. The van der Waals surface area contributed by atoms with Gasteiger partial charge in [0.15, 0.2) is 11.6 Å². The zero-order chi connectivity index (χ0) is 25.6. The lowest BCUT2D eigenvalue weighted by atomic mass is 9.88. The molecule has 0 spiro atoms. The van der Waals surface area contributed by atoms with Crippen molar-refractivity contribution in [3.63, 3.8) is 0 Å². The van der Waals surface area contributed by atoms with Crippen LogP contribution >= 0.6 is 11.6 Å². The first-order chi connectivity index (χ1) is 17.3.